The lowest BCUT2D eigenvalue weighted by Crippen LogP contribution is -2.34. The third kappa shape index (κ3) is 7.16. The summed E-state index contributed by atoms with van der Waals surface area (Å²) in [6.07, 6.45) is 7.05. The average molecular weight is 361 g/mol. The van der Waals surface area contributed by atoms with Crippen molar-refractivity contribution in [3.8, 4) is 0 Å². The number of likely N-dealkylation sites (tertiary alicyclic amines) is 1. The molecule has 5 heteroatoms. The smallest absolute Gasteiger partial charge is 0.303 e. The summed E-state index contributed by atoms with van der Waals surface area (Å²) >= 11 is 0. The van der Waals surface area contributed by atoms with Gasteiger partial charge in [-0.3, -0.25) is 9.59 Å². The number of unbranched alkanes of at least 4 members (excludes halogenated alkanes) is 3. The average Bonchev–Trinajstić information content (AvgIpc) is 2.97. The number of rotatable bonds is 12. The molecule has 2 rings (SSSR count). The monoisotopic (exact) mass is 361 g/mol. The zero-order valence-electron chi connectivity index (χ0n) is 15.5. The lowest BCUT2D eigenvalue weighted by atomic mass is 10.0. The van der Waals surface area contributed by atoms with Crippen molar-refractivity contribution >= 4 is 11.9 Å². The molecule has 0 bridgehead atoms. The van der Waals surface area contributed by atoms with Crippen molar-refractivity contribution in [3.63, 3.8) is 0 Å². The number of amides is 1. The Kier molecular flexibility index (Phi) is 8.62. The molecule has 2 atom stereocenters. The first-order valence-electron chi connectivity index (χ1n) is 9.79. The maximum Gasteiger partial charge on any atom is 0.303 e. The summed E-state index contributed by atoms with van der Waals surface area (Å²) in [6, 6.07) is 10.2. The van der Waals surface area contributed by atoms with Crippen LogP contribution in [0.15, 0.2) is 30.3 Å². The molecular weight excluding hydrogens is 330 g/mol. The fraction of sp³-hybridized carbons (Fsp3) is 0.619. The Morgan fingerprint density at radius 1 is 1.15 bits per heavy atom. The molecule has 1 amide bonds. The van der Waals surface area contributed by atoms with E-state index in [2.05, 4.69) is 0 Å². The first kappa shape index (κ1) is 20.4. The SMILES string of the molecule is O=C(O)CCCCCCN1C(=O)CCC1CCC(O)Cc1ccccc1. The standard InChI is InChI=1S/C21H31NO4/c23-19(16-17-8-4-3-5-9-17)13-11-18-12-14-20(24)22(18)15-7-2-1-6-10-21(25)26/h3-5,8-9,18-19,23H,1-2,6-7,10-16H2,(H,25,26). The van der Waals surface area contributed by atoms with Crippen LogP contribution in [0.2, 0.25) is 0 Å². The van der Waals surface area contributed by atoms with Gasteiger partial charge in [0.1, 0.15) is 0 Å². The van der Waals surface area contributed by atoms with Gasteiger partial charge in [-0.15, -0.1) is 0 Å². The van der Waals surface area contributed by atoms with Gasteiger partial charge in [-0.2, -0.15) is 0 Å². The van der Waals surface area contributed by atoms with Gasteiger partial charge in [0.25, 0.3) is 0 Å². The summed E-state index contributed by atoms with van der Waals surface area (Å²) in [5.74, 6) is -0.521. The fourth-order valence-corrected chi connectivity index (χ4v) is 3.69. The van der Waals surface area contributed by atoms with Crippen LogP contribution in [0.3, 0.4) is 0 Å². The van der Waals surface area contributed by atoms with Gasteiger partial charge in [-0.25, -0.2) is 0 Å². The molecule has 0 saturated carbocycles. The van der Waals surface area contributed by atoms with Gasteiger partial charge in [0, 0.05) is 25.4 Å². The normalized spacial score (nSPS) is 18.3. The number of aliphatic hydroxyl groups is 1. The van der Waals surface area contributed by atoms with E-state index in [1.807, 2.05) is 35.2 Å². The Balaban J connectivity index is 1.67. The van der Waals surface area contributed by atoms with E-state index in [0.717, 1.165) is 44.2 Å². The van der Waals surface area contributed by atoms with Gasteiger partial charge in [-0.05, 0) is 44.1 Å². The summed E-state index contributed by atoms with van der Waals surface area (Å²) in [7, 11) is 0. The zero-order valence-corrected chi connectivity index (χ0v) is 15.5. The van der Waals surface area contributed by atoms with Crippen molar-refractivity contribution in [2.45, 2.75) is 76.4 Å². The van der Waals surface area contributed by atoms with Crippen molar-refractivity contribution in [1.29, 1.82) is 0 Å². The molecule has 2 unspecified atom stereocenters. The molecule has 0 aromatic heterocycles. The van der Waals surface area contributed by atoms with Crippen molar-refractivity contribution in [3.05, 3.63) is 35.9 Å². The topological polar surface area (TPSA) is 77.8 Å². The summed E-state index contributed by atoms with van der Waals surface area (Å²) < 4.78 is 0. The second-order valence-electron chi connectivity index (χ2n) is 7.26. The number of carboxylic acids is 1. The molecule has 1 heterocycles. The summed E-state index contributed by atoms with van der Waals surface area (Å²) in [4.78, 5) is 24.6. The Bertz CT molecular complexity index is 560. The van der Waals surface area contributed by atoms with Gasteiger partial charge in [0.2, 0.25) is 5.91 Å². The first-order valence-corrected chi connectivity index (χ1v) is 9.79. The van der Waals surface area contributed by atoms with Crippen LogP contribution in [-0.2, 0) is 16.0 Å². The lowest BCUT2D eigenvalue weighted by Gasteiger charge is -2.25. The Labute approximate surface area is 156 Å². The number of hydrogen-bond acceptors (Lipinski definition) is 3. The van der Waals surface area contributed by atoms with Crippen molar-refractivity contribution in [1.82, 2.24) is 4.90 Å². The molecule has 1 aromatic carbocycles. The van der Waals surface area contributed by atoms with Crippen LogP contribution < -0.4 is 0 Å². The highest BCUT2D eigenvalue weighted by Gasteiger charge is 2.30. The van der Waals surface area contributed by atoms with Gasteiger partial charge in [0.05, 0.1) is 6.10 Å². The summed E-state index contributed by atoms with van der Waals surface area (Å²) in [6.45, 7) is 0.755. The predicted octanol–water partition coefficient (Wildman–Crippen LogP) is 3.40. The highest BCUT2D eigenvalue weighted by atomic mass is 16.4. The molecule has 0 spiro atoms. The van der Waals surface area contributed by atoms with Crippen LogP contribution in [0.1, 0.15) is 63.4 Å². The fourth-order valence-electron chi connectivity index (χ4n) is 3.69. The van der Waals surface area contributed by atoms with E-state index >= 15 is 0 Å². The maximum absolute atomic E-state index is 12.1. The van der Waals surface area contributed by atoms with E-state index in [1.54, 1.807) is 0 Å². The van der Waals surface area contributed by atoms with Gasteiger partial charge in [-0.1, -0.05) is 43.2 Å². The third-order valence-corrected chi connectivity index (χ3v) is 5.14. The van der Waals surface area contributed by atoms with E-state index in [4.69, 9.17) is 5.11 Å². The number of aliphatic carboxylic acids is 1. The Hall–Kier alpha value is -1.88. The minimum Gasteiger partial charge on any atom is -0.481 e. The quantitative estimate of drug-likeness (QED) is 0.559. The van der Waals surface area contributed by atoms with E-state index < -0.39 is 5.97 Å². The number of carbonyl (C=O) groups excluding carboxylic acids is 1. The predicted molar refractivity (Wildman–Crippen MR) is 101 cm³/mol. The number of aliphatic hydroxyl groups excluding tert-OH is 1. The van der Waals surface area contributed by atoms with Crippen LogP contribution in [-0.4, -0.2) is 45.7 Å². The Morgan fingerprint density at radius 2 is 1.88 bits per heavy atom. The van der Waals surface area contributed by atoms with Gasteiger partial charge in [0.15, 0.2) is 0 Å². The first-order chi connectivity index (χ1) is 12.6. The number of carboxylic acid groups (broad SMARTS) is 1. The van der Waals surface area contributed by atoms with Crippen LogP contribution in [0.5, 0.6) is 0 Å². The molecule has 26 heavy (non-hydrogen) atoms. The van der Waals surface area contributed by atoms with Crippen molar-refractivity contribution in [2.24, 2.45) is 0 Å². The Morgan fingerprint density at radius 3 is 2.62 bits per heavy atom. The molecule has 1 aromatic rings. The second-order valence-corrected chi connectivity index (χ2v) is 7.26. The highest BCUT2D eigenvalue weighted by Crippen LogP contribution is 2.24. The molecule has 1 aliphatic heterocycles. The molecule has 0 radical (unpaired) electrons. The zero-order chi connectivity index (χ0) is 18.8. The number of hydrogen-bond donors (Lipinski definition) is 2. The molecule has 1 fully saturated rings. The molecule has 1 saturated heterocycles. The third-order valence-electron chi connectivity index (χ3n) is 5.14. The second kappa shape index (κ2) is 11.0. The van der Waals surface area contributed by atoms with E-state index in [-0.39, 0.29) is 24.5 Å². The molecule has 2 N–H and O–H groups in total. The number of carbonyl (C=O) groups is 2. The van der Waals surface area contributed by atoms with E-state index in [9.17, 15) is 14.7 Å². The van der Waals surface area contributed by atoms with Crippen LogP contribution in [0.4, 0.5) is 0 Å². The van der Waals surface area contributed by atoms with Crippen molar-refractivity contribution in [2.75, 3.05) is 6.54 Å². The van der Waals surface area contributed by atoms with Gasteiger partial charge < -0.3 is 15.1 Å². The number of nitrogens with zero attached hydrogens (tertiary/aromatic N) is 1. The summed E-state index contributed by atoms with van der Waals surface area (Å²) in [5.41, 5.74) is 1.14. The molecular formula is C21H31NO4. The van der Waals surface area contributed by atoms with Crippen LogP contribution >= 0.6 is 0 Å². The molecule has 5 nitrogen and oxygen atoms in total. The number of benzene rings is 1. The van der Waals surface area contributed by atoms with E-state index in [0.29, 0.717) is 25.7 Å². The molecule has 1 aliphatic rings. The van der Waals surface area contributed by atoms with Crippen molar-refractivity contribution < 1.29 is 19.8 Å². The minimum absolute atomic E-state index is 0.220. The maximum atomic E-state index is 12.1. The van der Waals surface area contributed by atoms with Gasteiger partial charge >= 0.3 is 5.97 Å². The molecule has 0 aliphatic carbocycles. The largest absolute Gasteiger partial charge is 0.481 e. The highest BCUT2D eigenvalue weighted by molar-refractivity contribution is 5.78. The van der Waals surface area contributed by atoms with Crippen LogP contribution in [0, 0.1) is 0 Å². The van der Waals surface area contributed by atoms with Crippen LogP contribution in [0.25, 0.3) is 0 Å². The molecule has 144 valence electrons. The minimum atomic E-state index is -0.742. The lowest BCUT2D eigenvalue weighted by molar-refractivity contribution is -0.137. The van der Waals surface area contributed by atoms with E-state index in [1.165, 1.54) is 0 Å². The summed E-state index contributed by atoms with van der Waals surface area (Å²) in [5, 5.41) is 18.9.